The Balaban J connectivity index is 1.68. The summed E-state index contributed by atoms with van der Waals surface area (Å²) in [6.07, 6.45) is 0. The van der Waals surface area contributed by atoms with Crippen LogP contribution in [-0.4, -0.2) is 18.4 Å². The van der Waals surface area contributed by atoms with Gasteiger partial charge in [-0.05, 0) is 35.9 Å². The number of anilines is 2. The van der Waals surface area contributed by atoms with Crippen LogP contribution in [0, 0.1) is 0 Å². The molecule has 146 valence electrons. The van der Waals surface area contributed by atoms with Crippen molar-refractivity contribution in [2.45, 2.75) is 15.8 Å². The summed E-state index contributed by atoms with van der Waals surface area (Å²) in [6, 6.07) is 24.1. The minimum Gasteiger partial charge on any atom is -0.340 e. The van der Waals surface area contributed by atoms with E-state index in [-0.39, 0.29) is 4.90 Å². The van der Waals surface area contributed by atoms with E-state index in [2.05, 4.69) is 27.4 Å². The maximum absolute atomic E-state index is 11.6. The Kier molecular flexibility index (Phi) is 5.48. The molecule has 1 heterocycles. The van der Waals surface area contributed by atoms with E-state index >= 15 is 0 Å². The summed E-state index contributed by atoms with van der Waals surface area (Å²) < 4.78 is 23.3. The zero-order valence-electron chi connectivity index (χ0n) is 15.3. The summed E-state index contributed by atoms with van der Waals surface area (Å²) in [5.74, 6) is 1.36. The van der Waals surface area contributed by atoms with Crippen molar-refractivity contribution >= 4 is 44.2 Å². The number of sulfonamides is 1. The quantitative estimate of drug-likeness (QED) is 0.355. The van der Waals surface area contributed by atoms with Crippen LogP contribution in [0.25, 0.3) is 10.9 Å². The molecule has 0 aliphatic heterocycles. The first-order valence-corrected chi connectivity index (χ1v) is 11.4. The van der Waals surface area contributed by atoms with Gasteiger partial charge in [0.25, 0.3) is 0 Å². The Morgan fingerprint density at radius 3 is 2.45 bits per heavy atom. The number of nitrogens with two attached hydrogens (primary N) is 1. The van der Waals surface area contributed by atoms with Crippen LogP contribution in [0.2, 0.25) is 0 Å². The van der Waals surface area contributed by atoms with Crippen molar-refractivity contribution in [3.8, 4) is 0 Å². The zero-order chi connectivity index (χ0) is 20.3. The van der Waals surface area contributed by atoms with Crippen molar-refractivity contribution in [2.24, 2.45) is 5.14 Å². The van der Waals surface area contributed by atoms with Gasteiger partial charge in [-0.15, -0.1) is 0 Å². The number of rotatable bonds is 6. The van der Waals surface area contributed by atoms with Crippen molar-refractivity contribution in [2.75, 3.05) is 5.32 Å². The minimum atomic E-state index is -3.78. The third-order valence-electron chi connectivity index (χ3n) is 4.22. The fourth-order valence-corrected chi connectivity index (χ4v) is 4.19. The van der Waals surface area contributed by atoms with E-state index in [0.29, 0.717) is 16.7 Å². The number of hydrogen-bond donors (Lipinski definition) is 2. The summed E-state index contributed by atoms with van der Waals surface area (Å²) in [6.45, 7) is 0. The van der Waals surface area contributed by atoms with Crippen LogP contribution in [-0.2, 0) is 15.8 Å². The van der Waals surface area contributed by atoms with Crippen molar-refractivity contribution in [1.82, 2.24) is 9.97 Å². The van der Waals surface area contributed by atoms with E-state index in [1.165, 1.54) is 17.7 Å². The molecule has 8 heteroatoms. The summed E-state index contributed by atoms with van der Waals surface area (Å²) in [4.78, 5) is 9.35. The predicted molar refractivity (Wildman–Crippen MR) is 117 cm³/mol. The molecule has 3 aromatic carbocycles. The molecule has 0 saturated carbocycles. The smallest absolute Gasteiger partial charge is 0.238 e. The lowest BCUT2D eigenvalue weighted by molar-refractivity contribution is 0.598. The van der Waals surface area contributed by atoms with Gasteiger partial charge < -0.3 is 5.32 Å². The molecular weight excluding hydrogens is 404 g/mol. The third-order valence-corrected chi connectivity index (χ3v) is 6.05. The number of primary sulfonamides is 1. The summed E-state index contributed by atoms with van der Waals surface area (Å²) in [7, 11) is -3.78. The Bertz CT molecular complexity index is 1260. The molecule has 6 nitrogen and oxygen atoms in total. The first-order chi connectivity index (χ1) is 14.0. The topological polar surface area (TPSA) is 98.0 Å². The number of benzene rings is 3. The SMILES string of the molecule is NS(=O)(=O)c1cccc(Nc2nc(SCc3ccccc3)nc3ccccc23)c1. The second-order valence-corrected chi connectivity index (χ2v) is 8.85. The normalized spacial score (nSPS) is 11.5. The van der Waals surface area contributed by atoms with Gasteiger partial charge in [0.05, 0.1) is 10.4 Å². The average molecular weight is 423 g/mol. The summed E-state index contributed by atoms with van der Waals surface area (Å²) >= 11 is 1.54. The molecule has 0 bridgehead atoms. The highest BCUT2D eigenvalue weighted by atomic mass is 32.2. The van der Waals surface area contributed by atoms with Crippen LogP contribution >= 0.6 is 11.8 Å². The summed E-state index contributed by atoms with van der Waals surface area (Å²) in [5, 5.41) is 9.94. The number of para-hydroxylation sites is 1. The molecule has 0 saturated heterocycles. The molecule has 4 aromatic rings. The number of aromatic nitrogens is 2. The zero-order valence-corrected chi connectivity index (χ0v) is 17.0. The van der Waals surface area contributed by atoms with E-state index in [4.69, 9.17) is 5.14 Å². The van der Waals surface area contributed by atoms with Gasteiger partial charge in [-0.2, -0.15) is 0 Å². The molecule has 29 heavy (non-hydrogen) atoms. The lowest BCUT2D eigenvalue weighted by atomic mass is 10.2. The van der Waals surface area contributed by atoms with E-state index in [9.17, 15) is 8.42 Å². The van der Waals surface area contributed by atoms with Crippen molar-refractivity contribution in [3.63, 3.8) is 0 Å². The standard InChI is InChI=1S/C21H18N4O2S2/c22-29(26,27)17-10-6-9-16(13-17)23-20-18-11-4-5-12-19(18)24-21(25-20)28-14-15-7-2-1-3-8-15/h1-13H,14H2,(H2,22,26,27)(H,23,24,25). The van der Waals surface area contributed by atoms with Crippen LogP contribution in [0.5, 0.6) is 0 Å². The molecule has 0 aliphatic rings. The van der Waals surface area contributed by atoms with E-state index < -0.39 is 10.0 Å². The molecule has 0 spiro atoms. The molecule has 0 fully saturated rings. The molecule has 4 rings (SSSR count). The minimum absolute atomic E-state index is 0.0412. The highest BCUT2D eigenvalue weighted by Crippen LogP contribution is 2.28. The van der Waals surface area contributed by atoms with Crippen molar-refractivity contribution in [1.29, 1.82) is 0 Å². The molecule has 0 unspecified atom stereocenters. The van der Waals surface area contributed by atoms with Gasteiger partial charge in [0.15, 0.2) is 5.16 Å². The number of nitrogens with one attached hydrogen (secondary N) is 1. The predicted octanol–water partition coefficient (Wildman–Crippen LogP) is 4.31. The Morgan fingerprint density at radius 2 is 1.66 bits per heavy atom. The molecule has 0 radical (unpaired) electrons. The number of hydrogen-bond acceptors (Lipinski definition) is 6. The van der Waals surface area contributed by atoms with Crippen LogP contribution in [0.4, 0.5) is 11.5 Å². The summed E-state index contributed by atoms with van der Waals surface area (Å²) in [5.41, 5.74) is 2.58. The maximum atomic E-state index is 11.6. The monoisotopic (exact) mass is 422 g/mol. The van der Waals surface area contributed by atoms with Crippen LogP contribution in [0.15, 0.2) is 88.9 Å². The highest BCUT2D eigenvalue weighted by Gasteiger charge is 2.11. The van der Waals surface area contributed by atoms with Gasteiger partial charge in [0.1, 0.15) is 5.82 Å². The van der Waals surface area contributed by atoms with Gasteiger partial charge in [-0.25, -0.2) is 23.5 Å². The number of thioether (sulfide) groups is 1. The molecule has 3 N–H and O–H groups in total. The third kappa shape index (κ3) is 4.73. The van der Waals surface area contributed by atoms with Crippen molar-refractivity contribution < 1.29 is 8.42 Å². The Labute approximate surface area is 173 Å². The fraction of sp³-hybridized carbons (Fsp3) is 0.0476. The fourth-order valence-electron chi connectivity index (χ4n) is 2.82. The van der Waals surface area contributed by atoms with Crippen LogP contribution in [0.3, 0.4) is 0 Å². The highest BCUT2D eigenvalue weighted by molar-refractivity contribution is 7.98. The Morgan fingerprint density at radius 1 is 0.897 bits per heavy atom. The second kappa shape index (κ2) is 8.20. The van der Waals surface area contributed by atoms with Gasteiger partial charge in [0, 0.05) is 16.8 Å². The number of nitrogens with zero attached hydrogens (tertiary/aromatic N) is 2. The second-order valence-electron chi connectivity index (χ2n) is 6.34. The van der Waals surface area contributed by atoms with E-state index in [0.717, 1.165) is 16.7 Å². The van der Waals surface area contributed by atoms with Gasteiger partial charge in [0.2, 0.25) is 10.0 Å². The van der Waals surface area contributed by atoms with Crippen molar-refractivity contribution in [3.05, 3.63) is 84.4 Å². The molecule has 0 amide bonds. The lowest BCUT2D eigenvalue weighted by Gasteiger charge is -2.11. The average Bonchev–Trinajstić information content (AvgIpc) is 2.73. The van der Waals surface area contributed by atoms with Crippen LogP contribution < -0.4 is 10.5 Å². The molecule has 0 aliphatic carbocycles. The van der Waals surface area contributed by atoms with Gasteiger partial charge >= 0.3 is 0 Å². The van der Waals surface area contributed by atoms with Gasteiger partial charge in [-0.3, -0.25) is 0 Å². The number of fused-ring (bicyclic) bond motifs is 1. The maximum Gasteiger partial charge on any atom is 0.238 e. The first-order valence-electron chi connectivity index (χ1n) is 8.82. The van der Waals surface area contributed by atoms with Crippen LogP contribution in [0.1, 0.15) is 5.56 Å². The Hall–Kier alpha value is -2.94. The first kappa shape index (κ1) is 19.4. The largest absolute Gasteiger partial charge is 0.340 e. The lowest BCUT2D eigenvalue weighted by Crippen LogP contribution is -2.12. The van der Waals surface area contributed by atoms with Gasteiger partial charge in [-0.1, -0.05) is 60.3 Å². The molecule has 0 atom stereocenters. The van der Waals surface area contributed by atoms with E-state index in [1.807, 2.05) is 42.5 Å². The molecule has 1 aromatic heterocycles. The van der Waals surface area contributed by atoms with E-state index in [1.54, 1.807) is 23.9 Å². The molecular formula is C21H18N4O2S2.